The topological polar surface area (TPSA) is 56.3 Å². The van der Waals surface area contributed by atoms with Gasteiger partial charge in [-0.15, -0.1) is 0 Å². The van der Waals surface area contributed by atoms with Crippen LogP contribution in [0.1, 0.15) is 84.5 Å². The Labute approximate surface area is 193 Å². The first kappa shape index (κ1) is 22.6. The van der Waals surface area contributed by atoms with E-state index in [1.807, 2.05) is 0 Å². The van der Waals surface area contributed by atoms with E-state index in [0.29, 0.717) is 23.1 Å². The van der Waals surface area contributed by atoms with Crippen LogP contribution in [0.3, 0.4) is 0 Å². The lowest BCUT2D eigenvalue weighted by Gasteiger charge is -2.36. The summed E-state index contributed by atoms with van der Waals surface area (Å²) in [6.07, 6.45) is 13.9. The van der Waals surface area contributed by atoms with Crippen LogP contribution in [-0.2, 0) is 0 Å². The van der Waals surface area contributed by atoms with Crippen molar-refractivity contribution in [3.63, 3.8) is 0 Å². The van der Waals surface area contributed by atoms with Gasteiger partial charge < -0.3 is 20.4 Å². The Morgan fingerprint density at radius 2 is 1.55 bits per heavy atom. The number of anilines is 3. The van der Waals surface area contributed by atoms with E-state index in [9.17, 15) is 0 Å². The van der Waals surface area contributed by atoms with Crippen LogP contribution in [-0.4, -0.2) is 46.8 Å². The van der Waals surface area contributed by atoms with E-state index in [-0.39, 0.29) is 0 Å². The molecule has 3 aliphatic rings. The maximum absolute atomic E-state index is 5.67. The standard InChI is InChI=1S/C24H40N6S/c1-18-12-15-29(16-13-18)21-17-22(30-14-8-7-9-19(30)2)27-23(26-21)28-24(31)25-20-10-5-3-4-6-11-20/h17-20H,3-16H2,1-2H3,(H2,25,26,27,28,31). The predicted octanol–water partition coefficient (Wildman–Crippen LogP) is 5.10. The fraction of sp³-hybridized carbons (Fsp3) is 0.792. The minimum absolute atomic E-state index is 0.468. The number of thiocarbonyl (C=S) groups is 1. The van der Waals surface area contributed by atoms with Gasteiger partial charge in [0.15, 0.2) is 5.11 Å². The molecule has 7 heteroatoms. The van der Waals surface area contributed by atoms with Gasteiger partial charge in [-0.05, 0) is 70.0 Å². The second kappa shape index (κ2) is 10.8. The van der Waals surface area contributed by atoms with Crippen LogP contribution in [0.2, 0.25) is 0 Å². The molecule has 1 aromatic rings. The molecular weight excluding hydrogens is 404 g/mol. The normalized spacial score (nSPS) is 24.0. The molecule has 2 N–H and O–H groups in total. The number of hydrogen-bond donors (Lipinski definition) is 2. The zero-order valence-corrected chi connectivity index (χ0v) is 20.2. The van der Waals surface area contributed by atoms with E-state index in [2.05, 4.69) is 40.3 Å². The minimum Gasteiger partial charge on any atom is -0.360 e. The number of hydrogen-bond acceptors (Lipinski definition) is 5. The summed E-state index contributed by atoms with van der Waals surface area (Å²) in [6, 6.07) is 3.18. The molecule has 3 heterocycles. The van der Waals surface area contributed by atoms with E-state index >= 15 is 0 Å². The smallest absolute Gasteiger partial charge is 0.232 e. The Morgan fingerprint density at radius 1 is 0.871 bits per heavy atom. The molecule has 1 aliphatic carbocycles. The van der Waals surface area contributed by atoms with Gasteiger partial charge in [0.05, 0.1) is 0 Å². The van der Waals surface area contributed by atoms with Crippen molar-refractivity contribution in [2.75, 3.05) is 34.8 Å². The highest BCUT2D eigenvalue weighted by Crippen LogP contribution is 2.29. The first-order valence-corrected chi connectivity index (χ1v) is 13.0. The SMILES string of the molecule is CC1CCN(c2cc(N3CCCCC3C)nc(NC(=S)NC3CCCCCC3)n2)CC1. The third kappa shape index (κ3) is 6.21. The van der Waals surface area contributed by atoms with Crippen LogP contribution < -0.4 is 20.4 Å². The van der Waals surface area contributed by atoms with E-state index in [0.717, 1.165) is 37.2 Å². The van der Waals surface area contributed by atoms with Gasteiger partial charge in [-0.2, -0.15) is 9.97 Å². The van der Waals surface area contributed by atoms with Gasteiger partial charge in [-0.3, -0.25) is 0 Å². The Balaban J connectivity index is 1.51. The average molecular weight is 445 g/mol. The van der Waals surface area contributed by atoms with Crippen LogP contribution in [0.15, 0.2) is 6.07 Å². The Morgan fingerprint density at radius 3 is 2.26 bits per heavy atom. The summed E-state index contributed by atoms with van der Waals surface area (Å²) in [6.45, 7) is 7.87. The van der Waals surface area contributed by atoms with Gasteiger partial charge in [-0.25, -0.2) is 0 Å². The zero-order chi connectivity index (χ0) is 21.6. The lowest BCUT2D eigenvalue weighted by molar-refractivity contribution is 0.436. The zero-order valence-electron chi connectivity index (χ0n) is 19.4. The summed E-state index contributed by atoms with van der Waals surface area (Å²) in [7, 11) is 0. The quantitative estimate of drug-likeness (QED) is 0.495. The van der Waals surface area contributed by atoms with Crippen LogP contribution in [0, 0.1) is 5.92 Å². The van der Waals surface area contributed by atoms with Crippen molar-refractivity contribution >= 4 is 34.9 Å². The van der Waals surface area contributed by atoms with Crippen LogP contribution in [0.25, 0.3) is 0 Å². The molecule has 6 nitrogen and oxygen atoms in total. The second-order valence-corrected chi connectivity index (χ2v) is 10.3. The van der Waals surface area contributed by atoms with Crippen molar-refractivity contribution in [2.24, 2.45) is 5.92 Å². The lowest BCUT2D eigenvalue weighted by atomic mass is 9.99. The number of nitrogens with one attached hydrogen (secondary N) is 2. The molecule has 31 heavy (non-hydrogen) atoms. The molecule has 172 valence electrons. The number of rotatable bonds is 4. The molecule has 1 saturated carbocycles. The molecule has 1 unspecified atom stereocenters. The molecule has 0 bridgehead atoms. The van der Waals surface area contributed by atoms with Gasteiger partial charge in [0.2, 0.25) is 5.95 Å². The molecule has 0 radical (unpaired) electrons. The van der Waals surface area contributed by atoms with E-state index in [1.165, 1.54) is 70.6 Å². The van der Waals surface area contributed by atoms with Gasteiger partial charge in [-0.1, -0.05) is 32.6 Å². The molecule has 1 aromatic heterocycles. The highest BCUT2D eigenvalue weighted by atomic mass is 32.1. The highest BCUT2D eigenvalue weighted by molar-refractivity contribution is 7.80. The maximum atomic E-state index is 5.67. The van der Waals surface area contributed by atoms with Gasteiger partial charge >= 0.3 is 0 Å². The van der Waals surface area contributed by atoms with Gasteiger partial charge in [0, 0.05) is 37.8 Å². The molecular formula is C24H40N6S. The fourth-order valence-corrected chi connectivity index (χ4v) is 5.47. The summed E-state index contributed by atoms with van der Waals surface area (Å²) in [5.74, 6) is 3.51. The van der Waals surface area contributed by atoms with Crippen molar-refractivity contribution in [1.82, 2.24) is 15.3 Å². The maximum Gasteiger partial charge on any atom is 0.232 e. The first-order valence-electron chi connectivity index (χ1n) is 12.6. The van der Waals surface area contributed by atoms with Crippen LogP contribution in [0.4, 0.5) is 17.6 Å². The van der Waals surface area contributed by atoms with E-state index in [4.69, 9.17) is 22.2 Å². The Kier molecular flexibility index (Phi) is 7.86. The minimum atomic E-state index is 0.468. The number of aromatic nitrogens is 2. The van der Waals surface area contributed by atoms with Crippen molar-refractivity contribution in [3.8, 4) is 0 Å². The second-order valence-electron chi connectivity index (χ2n) is 9.90. The Hall–Kier alpha value is -1.63. The van der Waals surface area contributed by atoms with Crippen molar-refractivity contribution in [3.05, 3.63) is 6.07 Å². The Bertz CT molecular complexity index is 725. The van der Waals surface area contributed by atoms with E-state index < -0.39 is 0 Å². The molecule has 0 spiro atoms. The molecule has 2 saturated heterocycles. The first-order chi connectivity index (χ1) is 15.1. The predicted molar refractivity (Wildman–Crippen MR) is 134 cm³/mol. The van der Waals surface area contributed by atoms with Crippen molar-refractivity contribution in [1.29, 1.82) is 0 Å². The molecule has 0 amide bonds. The van der Waals surface area contributed by atoms with Crippen LogP contribution >= 0.6 is 12.2 Å². The molecule has 1 atom stereocenters. The molecule has 0 aromatic carbocycles. The summed E-state index contributed by atoms with van der Waals surface area (Å²) < 4.78 is 0. The summed E-state index contributed by atoms with van der Waals surface area (Å²) >= 11 is 5.67. The van der Waals surface area contributed by atoms with Crippen LogP contribution in [0.5, 0.6) is 0 Å². The number of piperidine rings is 2. The van der Waals surface area contributed by atoms with Crippen molar-refractivity contribution in [2.45, 2.75) is 96.6 Å². The van der Waals surface area contributed by atoms with Gasteiger partial charge in [0.25, 0.3) is 0 Å². The number of nitrogens with zero attached hydrogens (tertiary/aromatic N) is 4. The average Bonchev–Trinajstić information content (AvgIpc) is 3.03. The lowest BCUT2D eigenvalue weighted by Crippen LogP contribution is -2.40. The molecule has 2 aliphatic heterocycles. The summed E-state index contributed by atoms with van der Waals surface area (Å²) in [5.41, 5.74) is 0. The van der Waals surface area contributed by atoms with Crippen molar-refractivity contribution < 1.29 is 0 Å². The largest absolute Gasteiger partial charge is 0.360 e. The fourth-order valence-electron chi connectivity index (χ4n) is 5.21. The monoisotopic (exact) mass is 444 g/mol. The highest BCUT2D eigenvalue weighted by Gasteiger charge is 2.24. The molecule has 4 rings (SSSR count). The third-order valence-corrected chi connectivity index (χ3v) is 7.54. The summed E-state index contributed by atoms with van der Waals surface area (Å²) in [4.78, 5) is 14.7. The van der Waals surface area contributed by atoms with Gasteiger partial charge in [0.1, 0.15) is 11.6 Å². The molecule has 3 fully saturated rings. The van der Waals surface area contributed by atoms with E-state index in [1.54, 1.807) is 0 Å². The summed E-state index contributed by atoms with van der Waals surface area (Å²) in [5, 5.41) is 7.53. The third-order valence-electron chi connectivity index (χ3n) is 7.32.